The second-order valence-electron chi connectivity index (χ2n) is 14.5. The molecule has 14 heteroatoms. The maximum atomic E-state index is 15.0. The predicted molar refractivity (Wildman–Crippen MR) is 162 cm³/mol. The Bertz CT molecular complexity index is 1490. The van der Waals surface area contributed by atoms with Crippen LogP contribution in [0.25, 0.3) is 0 Å². The molecule has 4 fully saturated rings. The van der Waals surface area contributed by atoms with Crippen LogP contribution in [-0.4, -0.2) is 128 Å². The molecule has 0 aromatic heterocycles. The Hall–Kier alpha value is -2.79. The lowest BCUT2D eigenvalue weighted by Crippen LogP contribution is -2.82. The molecule has 6 rings (SSSR count). The number of carbonyl (C=O) groups excluding carboxylic acids is 3. The van der Waals surface area contributed by atoms with E-state index in [1.54, 1.807) is 39.0 Å². The van der Waals surface area contributed by atoms with Crippen molar-refractivity contribution >= 4 is 17.7 Å². The number of ketones is 1. The van der Waals surface area contributed by atoms with Gasteiger partial charge in [-0.2, -0.15) is 0 Å². The molecule has 6 N–H and O–H groups in total. The summed E-state index contributed by atoms with van der Waals surface area (Å²) >= 11 is 0. The van der Waals surface area contributed by atoms with Crippen LogP contribution in [0.1, 0.15) is 57.8 Å². The summed E-state index contributed by atoms with van der Waals surface area (Å²) in [6, 6.07) is 7.95. The minimum atomic E-state index is -2.18. The maximum Gasteiger partial charge on any atom is 0.338 e. The van der Waals surface area contributed by atoms with Crippen LogP contribution in [0.3, 0.4) is 0 Å². The summed E-state index contributed by atoms with van der Waals surface area (Å²) in [5.74, 6) is -3.93. The number of benzene rings is 1. The average Bonchev–Trinajstić information content (AvgIpc) is 3.02. The van der Waals surface area contributed by atoms with Crippen molar-refractivity contribution in [1.82, 2.24) is 0 Å². The van der Waals surface area contributed by atoms with Crippen molar-refractivity contribution < 1.29 is 68.7 Å². The first-order chi connectivity index (χ1) is 22.4. The highest BCUT2D eigenvalue weighted by Crippen LogP contribution is 2.64. The summed E-state index contributed by atoms with van der Waals surface area (Å²) in [5.41, 5.74) is -6.93. The number of aliphatic hydroxyl groups is 6. The van der Waals surface area contributed by atoms with E-state index in [-0.39, 0.29) is 36.2 Å². The van der Waals surface area contributed by atoms with Crippen molar-refractivity contribution in [3.8, 4) is 0 Å². The van der Waals surface area contributed by atoms with Crippen molar-refractivity contribution in [3.63, 3.8) is 0 Å². The van der Waals surface area contributed by atoms with Crippen LogP contribution in [0.4, 0.5) is 0 Å². The van der Waals surface area contributed by atoms with Crippen molar-refractivity contribution in [2.24, 2.45) is 16.7 Å². The van der Waals surface area contributed by atoms with Crippen molar-refractivity contribution in [3.05, 3.63) is 47.0 Å². The molecule has 13 atom stereocenters. The molecule has 1 aromatic carbocycles. The Kier molecular flexibility index (Phi) is 8.71. The Balaban J connectivity index is 1.59. The Morgan fingerprint density at radius 3 is 2.25 bits per heavy atom. The van der Waals surface area contributed by atoms with Crippen LogP contribution in [-0.2, 0) is 33.3 Å². The standard InChI is InChI=1S/C34H44O14/c1-15-18(36)12-34(43)28(47-29(42)17-9-7-6-8-10-17)26-32(5,27(41)24(39)22(15)31(34,3)4)20(11-21-33(26,14-45-21)48-16(2)35)46-30-25(40)23(38)19(37)13-44-30/h6-10,18-21,23-26,28,30,36-40,43H,11-14H2,1-5H3. The molecule has 0 amide bonds. The van der Waals surface area contributed by atoms with Gasteiger partial charge in [0.15, 0.2) is 17.7 Å². The molecule has 1 aromatic rings. The molecule has 2 saturated heterocycles. The van der Waals surface area contributed by atoms with Gasteiger partial charge < -0.3 is 54.3 Å². The molecule has 2 saturated carbocycles. The van der Waals surface area contributed by atoms with Gasteiger partial charge in [-0.05, 0) is 37.1 Å². The number of fused-ring (bicyclic) bond motifs is 5. The SMILES string of the molecule is CC(=O)OC12COC1CC(OC1OCC(O)C(O)C1O)C1(C)C(=O)C(O)C3=C(C)C(O)CC(O)(C(OC(=O)c4ccccc4)C21)C3(C)C. The number of aliphatic hydroxyl groups excluding tert-OH is 5. The van der Waals surface area contributed by atoms with Gasteiger partial charge in [-0.15, -0.1) is 0 Å². The molecule has 48 heavy (non-hydrogen) atoms. The van der Waals surface area contributed by atoms with E-state index in [1.165, 1.54) is 26.0 Å². The molecule has 13 unspecified atom stereocenters. The van der Waals surface area contributed by atoms with E-state index in [0.717, 1.165) is 0 Å². The van der Waals surface area contributed by atoms with E-state index < -0.39 is 107 Å². The van der Waals surface area contributed by atoms with Gasteiger partial charge in [0, 0.05) is 25.2 Å². The Labute approximate surface area is 277 Å². The van der Waals surface area contributed by atoms with Crippen LogP contribution in [0, 0.1) is 16.7 Å². The van der Waals surface area contributed by atoms with Crippen molar-refractivity contribution in [2.75, 3.05) is 13.2 Å². The molecule has 2 aliphatic heterocycles. The van der Waals surface area contributed by atoms with E-state index in [1.807, 2.05) is 0 Å². The molecule has 0 spiro atoms. The normalized spacial score (nSPS) is 45.1. The minimum Gasteiger partial charge on any atom is -0.455 e. The number of ether oxygens (including phenoxy) is 5. The first-order valence-electron chi connectivity index (χ1n) is 16.1. The quantitative estimate of drug-likeness (QED) is 0.172. The van der Waals surface area contributed by atoms with Crippen molar-refractivity contribution in [1.29, 1.82) is 0 Å². The molecule has 264 valence electrons. The smallest absolute Gasteiger partial charge is 0.338 e. The van der Waals surface area contributed by atoms with E-state index in [4.69, 9.17) is 23.7 Å². The lowest BCUT2D eigenvalue weighted by molar-refractivity contribution is -0.366. The van der Waals surface area contributed by atoms with E-state index in [0.29, 0.717) is 0 Å². The molecule has 14 nitrogen and oxygen atoms in total. The fraction of sp³-hybridized carbons (Fsp3) is 0.676. The van der Waals surface area contributed by atoms with Crippen LogP contribution < -0.4 is 0 Å². The summed E-state index contributed by atoms with van der Waals surface area (Å²) in [5, 5.41) is 67.5. The summed E-state index contributed by atoms with van der Waals surface area (Å²) < 4.78 is 30.0. The molecule has 3 aliphatic carbocycles. The van der Waals surface area contributed by atoms with Crippen LogP contribution in [0.5, 0.6) is 0 Å². The zero-order valence-electron chi connectivity index (χ0n) is 27.4. The molecule has 2 bridgehead atoms. The van der Waals surface area contributed by atoms with Crippen LogP contribution in [0.15, 0.2) is 41.5 Å². The highest BCUT2D eigenvalue weighted by atomic mass is 16.7. The number of hydrogen-bond donors (Lipinski definition) is 6. The number of carbonyl (C=O) groups is 3. The van der Waals surface area contributed by atoms with Crippen LogP contribution in [0.2, 0.25) is 0 Å². The molecule has 5 aliphatic rings. The fourth-order valence-corrected chi connectivity index (χ4v) is 8.90. The molecule has 0 radical (unpaired) electrons. The lowest BCUT2D eigenvalue weighted by atomic mass is 9.44. The van der Waals surface area contributed by atoms with Crippen LogP contribution >= 0.6 is 0 Å². The first-order valence-corrected chi connectivity index (χ1v) is 16.1. The average molecular weight is 677 g/mol. The van der Waals surface area contributed by atoms with Gasteiger partial charge in [0.05, 0.1) is 42.3 Å². The molecular formula is C34H44O14. The molecule has 2 heterocycles. The Morgan fingerprint density at radius 2 is 1.65 bits per heavy atom. The summed E-state index contributed by atoms with van der Waals surface area (Å²) in [7, 11) is 0. The zero-order chi connectivity index (χ0) is 35.1. The van der Waals surface area contributed by atoms with Gasteiger partial charge in [-0.3, -0.25) is 9.59 Å². The van der Waals surface area contributed by atoms with Gasteiger partial charge in [0.25, 0.3) is 0 Å². The second kappa shape index (κ2) is 11.9. The number of esters is 2. The van der Waals surface area contributed by atoms with E-state index in [2.05, 4.69) is 0 Å². The van der Waals surface area contributed by atoms with Gasteiger partial charge >= 0.3 is 11.9 Å². The number of Topliss-reactive ketones (excluding diaryl/α,β-unsaturated/α-hetero) is 1. The Morgan fingerprint density at radius 1 is 0.979 bits per heavy atom. The van der Waals surface area contributed by atoms with Gasteiger partial charge in [-0.1, -0.05) is 32.0 Å². The third kappa shape index (κ3) is 4.91. The number of hydrogen-bond acceptors (Lipinski definition) is 14. The highest BCUT2D eigenvalue weighted by Gasteiger charge is 2.78. The van der Waals surface area contributed by atoms with E-state index >= 15 is 4.79 Å². The minimum absolute atomic E-state index is 0.0361. The first kappa shape index (κ1) is 35.1. The zero-order valence-corrected chi connectivity index (χ0v) is 27.4. The fourth-order valence-electron chi connectivity index (χ4n) is 8.90. The van der Waals surface area contributed by atoms with Gasteiger partial charge in [-0.25, -0.2) is 4.79 Å². The monoisotopic (exact) mass is 676 g/mol. The molecular weight excluding hydrogens is 632 g/mol. The highest BCUT2D eigenvalue weighted by molar-refractivity contribution is 5.94. The maximum absolute atomic E-state index is 15.0. The third-order valence-electron chi connectivity index (χ3n) is 11.7. The second-order valence-corrected chi connectivity index (χ2v) is 14.5. The largest absolute Gasteiger partial charge is 0.455 e. The summed E-state index contributed by atoms with van der Waals surface area (Å²) in [6.45, 7) is 6.67. The predicted octanol–water partition coefficient (Wildman–Crippen LogP) is -0.455. The van der Waals surface area contributed by atoms with E-state index in [9.17, 15) is 40.2 Å². The summed E-state index contributed by atoms with van der Waals surface area (Å²) in [6.07, 6.45) is -14.2. The summed E-state index contributed by atoms with van der Waals surface area (Å²) in [4.78, 5) is 41.7. The van der Waals surface area contributed by atoms with Gasteiger partial charge in [0.2, 0.25) is 0 Å². The lowest BCUT2D eigenvalue weighted by Gasteiger charge is -2.68. The third-order valence-corrected chi connectivity index (χ3v) is 11.7. The topological polar surface area (TPSA) is 219 Å². The number of rotatable bonds is 5. The van der Waals surface area contributed by atoms with Crippen molar-refractivity contribution in [2.45, 2.75) is 114 Å². The van der Waals surface area contributed by atoms with Gasteiger partial charge in [0.1, 0.15) is 42.2 Å².